The van der Waals surface area contributed by atoms with Crippen molar-refractivity contribution in [2.75, 3.05) is 20.6 Å². The van der Waals surface area contributed by atoms with Gasteiger partial charge < -0.3 is 10.0 Å². The molecule has 0 spiro atoms. The molecule has 3 nitrogen and oxygen atoms in total. The van der Waals surface area contributed by atoms with Crippen molar-refractivity contribution in [3.8, 4) is 5.75 Å². The van der Waals surface area contributed by atoms with E-state index in [1.807, 2.05) is 12.1 Å². The molecule has 1 fully saturated rings. The van der Waals surface area contributed by atoms with Crippen molar-refractivity contribution in [2.45, 2.75) is 38.4 Å². The van der Waals surface area contributed by atoms with Gasteiger partial charge in [-0.3, -0.25) is 4.90 Å². The highest BCUT2D eigenvalue weighted by Gasteiger charge is 2.25. The first-order valence-corrected chi connectivity index (χ1v) is 7.64. The van der Waals surface area contributed by atoms with Crippen molar-refractivity contribution < 1.29 is 5.11 Å². The van der Waals surface area contributed by atoms with Crippen molar-refractivity contribution in [1.29, 1.82) is 0 Å². The van der Waals surface area contributed by atoms with E-state index in [4.69, 9.17) is 0 Å². The van der Waals surface area contributed by atoms with Crippen LogP contribution in [0.2, 0.25) is 0 Å². The Morgan fingerprint density at radius 2 is 2.21 bits per heavy atom. The summed E-state index contributed by atoms with van der Waals surface area (Å²) >= 11 is 3.56. The van der Waals surface area contributed by atoms with E-state index in [1.54, 1.807) is 6.07 Å². The van der Waals surface area contributed by atoms with Crippen molar-refractivity contribution >= 4 is 15.9 Å². The third-order valence-corrected chi connectivity index (χ3v) is 5.03. The van der Waals surface area contributed by atoms with Gasteiger partial charge in [-0.15, -0.1) is 0 Å². The number of nitrogens with zero attached hydrogens (tertiary/aromatic N) is 2. The van der Waals surface area contributed by atoms with Crippen LogP contribution in [0.25, 0.3) is 0 Å². The highest BCUT2D eigenvalue weighted by molar-refractivity contribution is 9.10. The predicted molar refractivity (Wildman–Crippen MR) is 82.4 cm³/mol. The minimum absolute atomic E-state index is 0.336. The Morgan fingerprint density at radius 1 is 1.47 bits per heavy atom. The Labute approximate surface area is 124 Å². The Bertz CT molecular complexity index is 438. The van der Waals surface area contributed by atoms with Gasteiger partial charge in [0.1, 0.15) is 5.75 Å². The van der Waals surface area contributed by atoms with E-state index in [9.17, 15) is 5.11 Å². The second-order valence-corrected chi connectivity index (χ2v) is 6.55. The highest BCUT2D eigenvalue weighted by Crippen LogP contribution is 2.26. The summed E-state index contributed by atoms with van der Waals surface area (Å²) in [5.41, 5.74) is 1.15. The third kappa shape index (κ3) is 3.71. The molecule has 1 aliphatic rings. The molecule has 1 saturated heterocycles. The molecule has 1 aromatic carbocycles. The fraction of sp³-hybridized carbons (Fsp3) is 0.600. The van der Waals surface area contributed by atoms with Crippen LogP contribution in [-0.2, 0) is 6.54 Å². The van der Waals surface area contributed by atoms with Crippen LogP contribution in [0.3, 0.4) is 0 Å². The molecular formula is C15H23BrN2O. The van der Waals surface area contributed by atoms with Gasteiger partial charge >= 0.3 is 0 Å². The minimum Gasteiger partial charge on any atom is -0.508 e. The van der Waals surface area contributed by atoms with Gasteiger partial charge in [0, 0.05) is 23.1 Å². The number of likely N-dealkylation sites (tertiary alicyclic amines) is 1. The molecule has 4 heteroatoms. The van der Waals surface area contributed by atoms with Gasteiger partial charge in [0.05, 0.1) is 0 Å². The lowest BCUT2D eigenvalue weighted by Gasteiger charge is -2.39. The summed E-state index contributed by atoms with van der Waals surface area (Å²) in [5, 5.41) is 9.59. The summed E-state index contributed by atoms with van der Waals surface area (Å²) < 4.78 is 1.07. The molecule has 0 aromatic heterocycles. The lowest BCUT2D eigenvalue weighted by atomic mass is 9.97. The summed E-state index contributed by atoms with van der Waals surface area (Å²) in [6, 6.07) is 6.74. The van der Waals surface area contributed by atoms with Crippen molar-refractivity contribution in [3.05, 3.63) is 28.2 Å². The van der Waals surface area contributed by atoms with E-state index in [-0.39, 0.29) is 0 Å². The van der Waals surface area contributed by atoms with E-state index in [1.165, 1.54) is 12.8 Å². The number of rotatable bonds is 3. The van der Waals surface area contributed by atoms with Crippen LogP contribution in [0.15, 0.2) is 22.7 Å². The minimum atomic E-state index is 0.336. The van der Waals surface area contributed by atoms with Crippen LogP contribution >= 0.6 is 15.9 Å². The highest BCUT2D eigenvalue weighted by atomic mass is 79.9. The van der Waals surface area contributed by atoms with Gasteiger partial charge in [-0.05, 0) is 64.2 Å². The summed E-state index contributed by atoms with van der Waals surface area (Å²) in [5.74, 6) is 0.336. The second-order valence-electron chi connectivity index (χ2n) is 5.70. The van der Waals surface area contributed by atoms with E-state index in [0.29, 0.717) is 17.8 Å². The van der Waals surface area contributed by atoms with Crippen LogP contribution in [0.1, 0.15) is 25.3 Å². The number of aromatic hydroxyl groups is 1. The molecule has 0 bridgehead atoms. The van der Waals surface area contributed by atoms with E-state index >= 15 is 0 Å². The maximum atomic E-state index is 9.59. The topological polar surface area (TPSA) is 26.7 Å². The molecule has 0 radical (unpaired) electrons. The van der Waals surface area contributed by atoms with Gasteiger partial charge in [-0.1, -0.05) is 15.9 Å². The second kappa shape index (κ2) is 6.25. The SMILES string of the molecule is C[C@@H]1C[C@H](N(C)Cc2cc(O)ccc2Br)CCN1C. The number of hydrogen-bond donors (Lipinski definition) is 1. The monoisotopic (exact) mass is 326 g/mol. The standard InChI is InChI=1S/C15H23BrN2O/c1-11-8-13(6-7-17(11)2)18(3)10-12-9-14(19)4-5-15(12)16/h4-5,9,11,13,19H,6-8,10H2,1-3H3/t11-,13-/m1/s1. The molecule has 1 heterocycles. The first-order valence-electron chi connectivity index (χ1n) is 6.85. The first-order chi connectivity index (χ1) is 8.97. The quantitative estimate of drug-likeness (QED) is 0.924. The molecule has 1 N–H and O–H groups in total. The molecule has 1 aromatic rings. The summed E-state index contributed by atoms with van der Waals surface area (Å²) in [4.78, 5) is 4.83. The lowest BCUT2D eigenvalue weighted by Crippen LogP contribution is -2.46. The average molecular weight is 327 g/mol. The van der Waals surface area contributed by atoms with Crippen LogP contribution in [-0.4, -0.2) is 47.6 Å². The van der Waals surface area contributed by atoms with Crippen molar-refractivity contribution in [1.82, 2.24) is 9.80 Å². The fourth-order valence-electron chi connectivity index (χ4n) is 2.75. The van der Waals surface area contributed by atoms with Gasteiger partial charge in [0.25, 0.3) is 0 Å². The van der Waals surface area contributed by atoms with Crippen LogP contribution in [0, 0.1) is 0 Å². The zero-order valence-electron chi connectivity index (χ0n) is 11.9. The van der Waals surface area contributed by atoms with Gasteiger partial charge in [-0.2, -0.15) is 0 Å². The number of phenols is 1. The number of halogens is 1. The van der Waals surface area contributed by atoms with Gasteiger partial charge in [0.15, 0.2) is 0 Å². The van der Waals surface area contributed by atoms with Gasteiger partial charge in [0.2, 0.25) is 0 Å². The molecule has 2 atom stereocenters. The Kier molecular flexibility index (Phi) is 4.87. The van der Waals surface area contributed by atoms with Crippen LogP contribution < -0.4 is 0 Å². The molecule has 0 amide bonds. The van der Waals surface area contributed by atoms with E-state index < -0.39 is 0 Å². The molecular weight excluding hydrogens is 304 g/mol. The number of benzene rings is 1. The first kappa shape index (κ1) is 14.8. The third-order valence-electron chi connectivity index (χ3n) is 4.25. The molecule has 0 aliphatic carbocycles. The molecule has 0 unspecified atom stereocenters. The maximum absolute atomic E-state index is 9.59. The zero-order valence-corrected chi connectivity index (χ0v) is 13.5. The number of phenolic OH excluding ortho intramolecular Hbond substituents is 1. The summed E-state index contributed by atoms with van der Waals surface area (Å²) in [6.45, 7) is 4.33. The predicted octanol–water partition coefficient (Wildman–Crippen LogP) is 3.07. The Morgan fingerprint density at radius 3 is 2.89 bits per heavy atom. The largest absolute Gasteiger partial charge is 0.508 e. The number of hydrogen-bond acceptors (Lipinski definition) is 3. The van der Waals surface area contributed by atoms with Gasteiger partial charge in [-0.25, -0.2) is 0 Å². The lowest BCUT2D eigenvalue weighted by molar-refractivity contribution is 0.101. The van der Waals surface area contributed by atoms with Crippen molar-refractivity contribution in [3.63, 3.8) is 0 Å². The maximum Gasteiger partial charge on any atom is 0.115 e. The Hall–Kier alpha value is -0.580. The number of piperidine rings is 1. The Balaban J connectivity index is 2.01. The van der Waals surface area contributed by atoms with Crippen molar-refractivity contribution in [2.24, 2.45) is 0 Å². The summed E-state index contributed by atoms with van der Waals surface area (Å²) in [6.07, 6.45) is 2.43. The molecule has 19 heavy (non-hydrogen) atoms. The van der Waals surface area contributed by atoms with Crippen LogP contribution in [0.4, 0.5) is 0 Å². The zero-order chi connectivity index (χ0) is 14.0. The van der Waals surface area contributed by atoms with E-state index in [2.05, 4.69) is 46.7 Å². The molecule has 2 rings (SSSR count). The molecule has 106 valence electrons. The normalized spacial score (nSPS) is 24.9. The fourth-order valence-corrected chi connectivity index (χ4v) is 3.12. The molecule has 1 aliphatic heterocycles. The van der Waals surface area contributed by atoms with Crippen LogP contribution in [0.5, 0.6) is 5.75 Å². The molecule has 0 saturated carbocycles. The smallest absolute Gasteiger partial charge is 0.115 e. The summed E-state index contributed by atoms with van der Waals surface area (Å²) in [7, 11) is 4.38. The average Bonchev–Trinajstić information content (AvgIpc) is 2.37. The van der Waals surface area contributed by atoms with E-state index in [0.717, 1.165) is 23.1 Å².